The summed E-state index contributed by atoms with van der Waals surface area (Å²) in [6, 6.07) is 1.11. The predicted octanol–water partition coefficient (Wildman–Crippen LogP) is 3.67. The van der Waals surface area contributed by atoms with Crippen LogP contribution >= 0.6 is 11.6 Å². The summed E-state index contributed by atoms with van der Waals surface area (Å²) in [5.41, 5.74) is -2.59. The Morgan fingerprint density at radius 3 is 2.47 bits per heavy atom. The smallest absolute Gasteiger partial charge is 0.417 e. The molecule has 1 aromatic carbocycles. The van der Waals surface area contributed by atoms with Crippen LogP contribution in [0.4, 0.5) is 17.6 Å². The summed E-state index contributed by atoms with van der Waals surface area (Å²) < 4.78 is 55.4. The van der Waals surface area contributed by atoms with Crippen LogP contribution in [0, 0.1) is 5.82 Å². The number of carbonyl (C=O) groups excluding carboxylic acids is 1. The number of rotatable bonds is 2. The van der Waals surface area contributed by atoms with Gasteiger partial charge in [0.15, 0.2) is 0 Å². The van der Waals surface area contributed by atoms with Crippen LogP contribution < -0.4 is 0 Å². The molecule has 0 spiro atoms. The highest BCUT2D eigenvalue weighted by Gasteiger charge is 2.38. The van der Waals surface area contributed by atoms with Crippen molar-refractivity contribution >= 4 is 17.6 Å². The van der Waals surface area contributed by atoms with Gasteiger partial charge in [0.2, 0.25) is 0 Å². The first kappa shape index (κ1) is 13.8. The molecule has 0 saturated carbocycles. The van der Waals surface area contributed by atoms with E-state index < -0.39 is 34.1 Å². The average molecular weight is 271 g/mol. The van der Waals surface area contributed by atoms with Crippen molar-refractivity contribution in [3.05, 3.63) is 34.1 Å². The summed E-state index contributed by atoms with van der Waals surface area (Å²) in [6.07, 6.45) is -4.88. The van der Waals surface area contributed by atoms with Crippen LogP contribution in [-0.2, 0) is 10.9 Å². The standard InChI is InChI=1S/C10H7ClF4O2/c1-2-17-9(16)8-6(10(13,14)15)3-5(11)4-7(8)12/h3-4H,2H2,1H3. The molecule has 7 heteroatoms. The van der Waals surface area contributed by atoms with Gasteiger partial charge in [0.05, 0.1) is 12.2 Å². The molecule has 0 aliphatic carbocycles. The third-order valence-electron chi connectivity index (χ3n) is 1.84. The van der Waals surface area contributed by atoms with Crippen molar-refractivity contribution in [2.75, 3.05) is 6.61 Å². The van der Waals surface area contributed by atoms with Crippen LogP contribution in [0.3, 0.4) is 0 Å². The molecule has 0 saturated heterocycles. The zero-order valence-corrected chi connectivity index (χ0v) is 9.32. The molecule has 1 aromatic rings. The normalized spacial score (nSPS) is 11.4. The summed E-state index contributed by atoms with van der Waals surface area (Å²) in [7, 11) is 0. The molecule has 0 radical (unpaired) electrons. The van der Waals surface area contributed by atoms with Gasteiger partial charge < -0.3 is 4.74 Å². The minimum atomic E-state index is -4.88. The Hall–Kier alpha value is -1.30. The van der Waals surface area contributed by atoms with Crippen molar-refractivity contribution in [1.82, 2.24) is 0 Å². The van der Waals surface area contributed by atoms with E-state index in [2.05, 4.69) is 4.74 Å². The highest BCUT2D eigenvalue weighted by molar-refractivity contribution is 6.30. The van der Waals surface area contributed by atoms with E-state index in [1.54, 1.807) is 0 Å². The third-order valence-corrected chi connectivity index (χ3v) is 2.06. The van der Waals surface area contributed by atoms with Crippen molar-refractivity contribution in [2.45, 2.75) is 13.1 Å². The Bertz CT molecular complexity index is 443. The Balaban J connectivity index is 3.41. The van der Waals surface area contributed by atoms with Gasteiger partial charge >= 0.3 is 12.1 Å². The van der Waals surface area contributed by atoms with Crippen molar-refractivity contribution in [1.29, 1.82) is 0 Å². The molecule has 0 atom stereocenters. The number of esters is 1. The predicted molar refractivity (Wildman–Crippen MR) is 52.4 cm³/mol. The van der Waals surface area contributed by atoms with Crippen molar-refractivity contribution in [3.8, 4) is 0 Å². The fourth-order valence-electron chi connectivity index (χ4n) is 1.21. The van der Waals surface area contributed by atoms with Crippen LogP contribution in [0.5, 0.6) is 0 Å². The van der Waals surface area contributed by atoms with Crippen molar-refractivity contribution in [2.24, 2.45) is 0 Å². The number of hydrogen-bond acceptors (Lipinski definition) is 2. The Morgan fingerprint density at radius 2 is 2.00 bits per heavy atom. The molecule has 17 heavy (non-hydrogen) atoms. The maximum atomic E-state index is 13.3. The Kier molecular flexibility index (Phi) is 3.98. The molecule has 0 fully saturated rings. The molecule has 0 heterocycles. The second-order valence-corrected chi connectivity index (χ2v) is 3.46. The second kappa shape index (κ2) is 4.91. The fraction of sp³-hybridized carbons (Fsp3) is 0.300. The lowest BCUT2D eigenvalue weighted by Gasteiger charge is -2.13. The minimum Gasteiger partial charge on any atom is -0.462 e. The first-order valence-corrected chi connectivity index (χ1v) is 4.88. The molecule has 0 aliphatic rings. The lowest BCUT2D eigenvalue weighted by atomic mass is 10.1. The highest BCUT2D eigenvalue weighted by Crippen LogP contribution is 2.35. The van der Waals surface area contributed by atoms with E-state index in [0.29, 0.717) is 12.1 Å². The number of carbonyl (C=O) groups is 1. The SMILES string of the molecule is CCOC(=O)c1c(F)cc(Cl)cc1C(F)(F)F. The summed E-state index contributed by atoms with van der Waals surface area (Å²) in [4.78, 5) is 11.2. The maximum absolute atomic E-state index is 13.3. The van der Waals surface area contributed by atoms with Crippen molar-refractivity contribution in [3.63, 3.8) is 0 Å². The molecule has 0 bridgehead atoms. The molecule has 0 unspecified atom stereocenters. The van der Waals surface area contributed by atoms with Gasteiger partial charge in [0.25, 0.3) is 0 Å². The maximum Gasteiger partial charge on any atom is 0.417 e. The van der Waals surface area contributed by atoms with E-state index in [0.717, 1.165) is 0 Å². The molecular weight excluding hydrogens is 264 g/mol. The average Bonchev–Trinajstić information content (AvgIpc) is 2.15. The Labute approximate surface area is 99.1 Å². The first-order chi connectivity index (χ1) is 7.77. The van der Waals surface area contributed by atoms with E-state index in [-0.39, 0.29) is 6.61 Å². The zero-order valence-electron chi connectivity index (χ0n) is 8.57. The number of ether oxygens (including phenoxy) is 1. The molecule has 0 aromatic heterocycles. The quantitative estimate of drug-likeness (QED) is 0.605. The van der Waals surface area contributed by atoms with Gasteiger partial charge in [-0.2, -0.15) is 13.2 Å². The first-order valence-electron chi connectivity index (χ1n) is 4.50. The van der Waals surface area contributed by atoms with Gasteiger partial charge in [-0.1, -0.05) is 11.6 Å². The molecule has 0 amide bonds. The monoisotopic (exact) mass is 270 g/mol. The zero-order chi connectivity index (χ0) is 13.2. The number of benzene rings is 1. The highest BCUT2D eigenvalue weighted by atomic mass is 35.5. The van der Waals surface area contributed by atoms with Crippen LogP contribution in [0.1, 0.15) is 22.8 Å². The molecular formula is C10H7ClF4O2. The second-order valence-electron chi connectivity index (χ2n) is 3.03. The largest absolute Gasteiger partial charge is 0.462 e. The number of hydrogen-bond donors (Lipinski definition) is 0. The molecule has 2 nitrogen and oxygen atoms in total. The van der Waals surface area contributed by atoms with Gasteiger partial charge in [-0.25, -0.2) is 9.18 Å². The van der Waals surface area contributed by atoms with Gasteiger partial charge in [-0.05, 0) is 19.1 Å². The van der Waals surface area contributed by atoms with Crippen LogP contribution in [0.25, 0.3) is 0 Å². The van der Waals surface area contributed by atoms with E-state index >= 15 is 0 Å². The summed E-state index contributed by atoms with van der Waals surface area (Å²) >= 11 is 5.32. The summed E-state index contributed by atoms with van der Waals surface area (Å²) in [5, 5.41) is -0.442. The lowest BCUT2D eigenvalue weighted by molar-refractivity contribution is -0.138. The summed E-state index contributed by atoms with van der Waals surface area (Å²) in [6.45, 7) is 1.25. The van der Waals surface area contributed by atoms with Crippen molar-refractivity contribution < 1.29 is 27.1 Å². The third kappa shape index (κ3) is 3.09. The minimum absolute atomic E-state index is 0.155. The molecule has 0 N–H and O–H groups in total. The van der Waals surface area contributed by atoms with Gasteiger partial charge in [-0.3, -0.25) is 0 Å². The van der Waals surface area contributed by atoms with E-state index in [4.69, 9.17) is 11.6 Å². The number of halogens is 5. The van der Waals surface area contributed by atoms with Crippen LogP contribution in [-0.4, -0.2) is 12.6 Å². The fourth-order valence-corrected chi connectivity index (χ4v) is 1.41. The van der Waals surface area contributed by atoms with Gasteiger partial charge in [-0.15, -0.1) is 0 Å². The molecule has 94 valence electrons. The molecule has 0 aliphatic heterocycles. The lowest BCUT2D eigenvalue weighted by Crippen LogP contribution is -2.17. The van der Waals surface area contributed by atoms with Crippen LogP contribution in [0.2, 0.25) is 5.02 Å². The van der Waals surface area contributed by atoms with Gasteiger partial charge in [0.1, 0.15) is 11.4 Å². The van der Waals surface area contributed by atoms with E-state index in [9.17, 15) is 22.4 Å². The number of alkyl halides is 3. The van der Waals surface area contributed by atoms with E-state index in [1.807, 2.05) is 0 Å². The summed E-state index contributed by atoms with van der Waals surface area (Å²) in [5.74, 6) is -2.72. The van der Waals surface area contributed by atoms with Gasteiger partial charge in [0, 0.05) is 5.02 Å². The topological polar surface area (TPSA) is 26.3 Å². The van der Waals surface area contributed by atoms with E-state index in [1.165, 1.54) is 6.92 Å². The molecule has 1 rings (SSSR count). The Morgan fingerprint density at radius 1 is 1.41 bits per heavy atom. The van der Waals surface area contributed by atoms with Crippen LogP contribution in [0.15, 0.2) is 12.1 Å².